The lowest BCUT2D eigenvalue weighted by atomic mass is 10.2. The van der Waals surface area contributed by atoms with Crippen LogP contribution in [0.4, 0.5) is 0 Å². The standard InChI is InChI=1S/C16H14N4O2/c1-2-4-11(5-3-1)15-17-8-13(9-18-15)21-10-14-19-16(20-22-14)12-6-7-12/h1-5,8-9,12H,6-7,10H2. The Kier molecular flexibility index (Phi) is 3.27. The van der Waals surface area contributed by atoms with Crippen LogP contribution in [0, 0.1) is 0 Å². The summed E-state index contributed by atoms with van der Waals surface area (Å²) in [5, 5.41) is 3.95. The second kappa shape index (κ2) is 5.55. The summed E-state index contributed by atoms with van der Waals surface area (Å²) in [6.07, 6.45) is 5.59. The van der Waals surface area contributed by atoms with Crippen molar-refractivity contribution in [1.29, 1.82) is 0 Å². The van der Waals surface area contributed by atoms with Crippen molar-refractivity contribution in [3.8, 4) is 17.1 Å². The summed E-state index contributed by atoms with van der Waals surface area (Å²) in [5.41, 5.74) is 0.972. The first-order chi connectivity index (χ1) is 10.9. The predicted molar refractivity (Wildman–Crippen MR) is 78.1 cm³/mol. The first kappa shape index (κ1) is 12.9. The van der Waals surface area contributed by atoms with E-state index in [-0.39, 0.29) is 6.61 Å². The van der Waals surface area contributed by atoms with Crippen LogP contribution in [-0.2, 0) is 6.61 Å². The van der Waals surface area contributed by atoms with E-state index >= 15 is 0 Å². The molecule has 1 fully saturated rings. The van der Waals surface area contributed by atoms with E-state index in [9.17, 15) is 0 Å². The van der Waals surface area contributed by atoms with Crippen molar-refractivity contribution in [2.45, 2.75) is 25.4 Å². The van der Waals surface area contributed by atoms with Crippen molar-refractivity contribution in [2.75, 3.05) is 0 Å². The predicted octanol–water partition coefficient (Wildman–Crippen LogP) is 2.98. The van der Waals surface area contributed by atoms with E-state index in [1.807, 2.05) is 30.3 Å². The molecule has 0 saturated heterocycles. The van der Waals surface area contributed by atoms with Gasteiger partial charge in [0, 0.05) is 11.5 Å². The van der Waals surface area contributed by atoms with Crippen LogP contribution in [0.3, 0.4) is 0 Å². The van der Waals surface area contributed by atoms with Gasteiger partial charge < -0.3 is 9.26 Å². The molecule has 2 heterocycles. The Morgan fingerprint density at radius 3 is 2.59 bits per heavy atom. The highest BCUT2D eigenvalue weighted by molar-refractivity contribution is 5.54. The summed E-state index contributed by atoms with van der Waals surface area (Å²) >= 11 is 0. The maximum absolute atomic E-state index is 5.58. The van der Waals surface area contributed by atoms with Gasteiger partial charge in [0.2, 0.25) is 0 Å². The Balaban J connectivity index is 1.40. The molecular weight excluding hydrogens is 280 g/mol. The van der Waals surface area contributed by atoms with E-state index < -0.39 is 0 Å². The number of aromatic nitrogens is 4. The fraction of sp³-hybridized carbons (Fsp3) is 0.250. The third-order valence-electron chi connectivity index (χ3n) is 3.45. The van der Waals surface area contributed by atoms with Gasteiger partial charge in [0.15, 0.2) is 24.0 Å². The van der Waals surface area contributed by atoms with E-state index in [0.717, 1.165) is 24.2 Å². The Morgan fingerprint density at radius 2 is 1.86 bits per heavy atom. The van der Waals surface area contributed by atoms with Gasteiger partial charge in [0.1, 0.15) is 0 Å². The molecule has 110 valence electrons. The number of nitrogens with zero attached hydrogens (tertiary/aromatic N) is 4. The molecule has 0 bridgehead atoms. The molecule has 3 aromatic rings. The van der Waals surface area contributed by atoms with Crippen molar-refractivity contribution >= 4 is 0 Å². The Labute approximate surface area is 127 Å². The Hall–Kier alpha value is -2.76. The highest BCUT2D eigenvalue weighted by Gasteiger charge is 2.28. The van der Waals surface area contributed by atoms with Gasteiger partial charge in [-0.05, 0) is 12.8 Å². The molecule has 4 rings (SSSR count). The molecule has 6 heteroatoms. The average Bonchev–Trinajstić information content (AvgIpc) is 3.33. The first-order valence-electron chi connectivity index (χ1n) is 7.21. The van der Waals surface area contributed by atoms with Crippen molar-refractivity contribution < 1.29 is 9.26 Å². The minimum Gasteiger partial charge on any atom is -0.481 e. The molecule has 1 aromatic carbocycles. The van der Waals surface area contributed by atoms with Gasteiger partial charge >= 0.3 is 0 Å². The molecule has 6 nitrogen and oxygen atoms in total. The van der Waals surface area contributed by atoms with Crippen molar-refractivity contribution in [3.63, 3.8) is 0 Å². The summed E-state index contributed by atoms with van der Waals surface area (Å²) in [6.45, 7) is 0.230. The number of ether oxygens (including phenoxy) is 1. The van der Waals surface area contributed by atoms with Gasteiger partial charge in [-0.2, -0.15) is 4.98 Å². The Bertz CT molecular complexity index is 751. The smallest absolute Gasteiger partial charge is 0.264 e. The highest BCUT2D eigenvalue weighted by atomic mass is 16.5. The van der Waals surface area contributed by atoms with E-state index in [4.69, 9.17) is 9.26 Å². The van der Waals surface area contributed by atoms with Crippen LogP contribution in [0.2, 0.25) is 0 Å². The van der Waals surface area contributed by atoms with E-state index in [2.05, 4.69) is 20.1 Å². The van der Waals surface area contributed by atoms with Gasteiger partial charge in [-0.1, -0.05) is 35.5 Å². The van der Waals surface area contributed by atoms with Crippen LogP contribution in [0.5, 0.6) is 5.75 Å². The number of benzene rings is 1. The number of hydrogen-bond acceptors (Lipinski definition) is 6. The second-order valence-electron chi connectivity index (χ2n) is 5.22. The molecule has 0 spiro atoms. The van der Waals surface area contributed by atoms with Crippen LogP contribution < -0.4 is 4.74 Å². The van der Waals surface area contributed by atoms with Crippen LogP contribution in [-0.4, -0.2) is 20.1 Å². The average molecular weight is 294 g/mol. The molecule has 22 heavy (non-hydrogen) atoms. The molecule has 0 aliphatic heterocycles. The third-order valence-corrected chi connectivity index (χ3v) is 3.45. The summed E-state index contributed by atoms with van der Waals surface area (Å²) in [6, 6.07) is 9.80. The lowest BCUT2D eigenvalue weighted by molar-refractivity contribution is 0.241. The molecule has 0 N–H and O–H groups in total. The van der Waals surface area contributed by atoms with Gasteiger partial charge in [-0.25, -0.2) is 9.97 Å². The second-order valence-corrected chi connectivity index (χ2v) is 5.22. The molecule has 2 aromatic heterocycles. The summed E-state index contributed by atoms with van der Waals surface area (Å²) in [4.78, 5) is 12.9. The zero-order valence-corrected chi connectivity index (χ0v) is 11.8. The molecule has 0 amide bonds. The molecule has 1 aliphatic carbocycles. The van der Waals surface area contributed by atoms with Crippen molar-refractivity contribution in [3.05, 3.63) is 54.4 Å². The summed E-state index contributed by atoms with van der Waals surface area (Å²) in [7, 11) is 0. The SMILES string of the molecule is c1ccc(-c2ncc(OCc3nc(C4CC4)no3)cn2)cc1. The molecular formula is C16H14N4O2. The van der Waals surface area contributed by atoms with E-state index in [0.29, 0.717) is 23.4 Å². The fourth-order valence-corrected chi connectivity index (χ4v) is 2.11. The molecule has 0 unspecified atom stereocenters. The van der Waals surface area contributed by atoms with Crippen molar-refractivity contribution in [1.82, 2.24) is 20.1 Å². The fourth-order valence-electron chi connectivity index (χ4n) is 2.11. The van der Waals surface area contributed by atoms with Gasteiger partial charge in [-0.3, -0.25) is 0 Å². The summed E-state index contributed by atoms with van der Waals surface area (Å²) in [5.74, 6) is 2.99. The quantitative estimate of drug-likeness (QED) is 0.720. The minimum absolute atomic E-state index is 0.230. The zero-order chi connectivity index (χ0) is 14.8. The molecule has 0 radical (unpaired) electrons. The van der Waals surface area contributed by atoms with Gasteiger partial charge in [0.05, 0.1) is 12.4 Å². The normalized spacial score (nSPS) is 14.0. The van der Waals surface area contributed by atoms with Gasteiger partial charge in [-0.15, -0.1) is 0 Å². The number of rotatable bonds is 5. The molecule has 1 saturated carbocycles. The maximum atomic E-state index is 5.58. The zero-order valence-electron chi connectivity index (χ0n) is 11.8. The first-order valence-corrected chi connectivity index (χ1v) is 7.21. The van der Waals surface area contributed by atoms with Gasteiger partial charge in [0.25, 0.3) is 5.89 Å². The maximum Gasteiger partial charge on any atom is 0.264 e. The van der Waals surface area contributed by atoms with Crippen LogP contribution in [0.15, 0.2) is 47.2 Å². The monoisotopic (exact) mass is 294 g/mol. The van der Waals surface area contributed by atoms with Crippen molar-refractivity contribution in [2.24, 2.45) is 0 Å². The van der Waals surface area contributed by atoms with Crippen LogP contribution in [0.1, 0.15) is 30.5 Å². The number of hydrogen-bond donors (Lipinski definition) is 0. The molecule has 0 atom stereocenters. The third kappa shape index (κ3) is 2.81. The lowest BCUT2D eigenvalue weighted by Crippen LogP contribution is -1.98. The summed E-state index contributed by atoms with van der Waals surface area (Å²) < 4.78 is 10.7. The van der Waals surface area contributed by atoms with E-state index in [1.165, 1.54) is 0 Å². The van der Waals surface area contributed by atoms with Crippen LogP contribution in [0.25, 0.3) is 11.4 Å². The lowest BCUT2D eigenvalue weighted by Gasteiger charge is -2.03. The minimum atomic E-state index is 0.230. The highest BCUT2D eigenvalue weighted by Crippen LogP contribution is 2.38. The van der Waals surface area contributed by atoms with Crippen LogP contribution >= 0.6 is 0 Å². The topological polar surface area (TPSA) is 73.9 Å². The molecule has 1 aliphatic rings. The Morgan fingerprint density at radius 1 is 1.09 bits per heavy atom. The van der Waals surface area contributed by atoms with E-state index in [1.54, 1.807) is 12.4 Å². The largest absolute Gasteiger partial charge is 0.481 e.